The number of aromatic nitrogens is 4. The van der Waals surface area contributed by atoms with Gasteiger partial charge in [0.2, 0.25) is 0 Å². The van der Waals surface area contributed by atoms with Crippen LogP contribution in [-0.4, -0.2) is 55.6 Å². The minimum absolute atomic E-state index is 0.0908. The third kappa shape index (κ3) is 3.79. The summed E-state index contributed by atoms with van der Waals surface area (Å²) in [6.07, 6.45) is 1.34. The summed E-state index contributed by atoms with van der Waals surface area (Å²) in [7, 11) is -3.56. The number of carbonyl (C=O) groups excluding carboxylic acids is 1. The van der Waals surface area contributed by atoms with Gasteiger partial charge in [-0.1, -0.05) is 24.3 Å². The fraction of sp³-hybridized carbons (Fsp3) is 0.0909. The Bertz CT molecular complexity index is 1560. The summed E-state index contributed by atoms with van der Waals surface area (Å²) in [5.74, 6) is -2.33. The number of phenols is 2. The zero-order chi connectivity index (χ0) is 24.6. The Morgan fingerprint density at radius 2 is 1.76 bits per heavy atom. The summed E-state index contributed by atoms with van der Waals surface area (Å²) in [6.45, 7) is 1.77. The highest BCUT2D eigenvalue weighted by atomic mass is 32.2. The Morgan fingerprint density at radius 3 is 2.44 bits per heavy atom. The van der Waals surface area contributed by atoms with Crippen molar-refractivity contribution in [1.29, 1.82) is 0 Å². The van der Waals surface area contributed by atoms with Gasteiger partial charge in [-0.25, -0.2) is 27.2 Å². The molecule has 0 atom stereocenters. The number of amides is 1. The summed E-state index contributed by atoms with van der Waals surface area (Å²) < 4.78 is 28.0. The van der Waals surface area contributed by atoms with E-state index in [0.717, 1.165) is 24.7 Å². The molecule has 0 saturated heterocycles. The van der Waals surface area contributed by atoms with E-state index in [1.807, 2.05) is 0 Å². The lowest BCUT2D eigenvalue weighted by Crippen LogP contribution is -2.33. The topological polar surface area (TPSA) is 158 Å². The summed E-state index contributed by atoms with van der Waals surface area (Å²) in [4.78, 5) is 28.4. The molecule has 3 N–H and O–H groups in total. The molecule has 0 aliphatic carbocycles. The molecule has 0 fully saturated rings. The van der Waals surface area contributed by atoms with Crippen LogP contribution in [0.3, 0.4) is 0 Å². The Hall–Kier alpha value is -4.45. The van der Waals surface area contributed by atoms with Crippen LogP contribution in [0, 0.1) is 6.92 Å². The maximum Gasteiger partial charge on any atom is 0.348 e. The molecule has 11 nitrogen and oxygen atoms in total. The number of rotatable bonds is 5. The summed E-state index contributed by atoms with van der Waals surface area (Å²) >= 11 is 0. The molecule has 4 aromatic rings. The van der Waals surface area contributed by atoms with E-state index in [-0.39, 0.29) is 17.1 Å². The molecule has 34 heavy (non-hydrogen) atoms. The Morgan fingerprint density at radius 1 is 1.06 bits per heavy atom. The highest BCUT2D eigenvalue weighted by molar-refractivity contribution is 7.89. The van der Waals surface area contributed by atoms with E-state index >= 15 is 0 Å². The number of hydrogen-bond acceptors (Lipinski definition) is 8. The molecule has 0 aliphatic rings. The number of aryl methyl sites for hydroxylation is 1. The first kappa shape index (κ1) is 22.7. The van der Waals surface area contributed by atoms with E-state index < -0.39 is 38.0 Å². The molecule has 1 amide bonds. The summed E-state index contributed by atoms with van der Waals surface area (Å²) in [5, 5.41) is 27.1. The smallest absolute Gasteiger partial charge is 0.348 e. The minimum atomic E-state index is -4.59. The van der Waals surface area contributed by atoms with Gasteiger partial charge in [0, 0.05) is 19.3 Å². The van der Waals surface area contributed by atoms with Crippen LogP contribution in [-0.2, 0) is 10.0 Å². The van der Waals surface area contributed by atoms with E-state index in [9.17, 15) is 28.2 Å². The fourth-order valence-electron chi connectivity index (χ4n) is 3.37. The largest absolute Gasteiger partial charge is 0.507 e. The number of nitrogens with zero attached hydrogens (tertiary/aromatic N) is 4. The van der Waals surface area contributed by atoms with E-state index in [1.165, 1.54) is 22.9 Å². The van der Waals surface area contributed by atoms with Crippen LogP contribution in [0.2, 0.25) is 0 Å². The first-order valence-electron chi connectivity index (χ1n) is 9.87. The minimum Gasteiger partial charge on any atom is -0.507 e. The monoisotopic (exact) mass is 481 g/mol. The number of phenolic OH excluding ortho intramolecular Hbond substituents is 2. The first-order valence-corrected chi connectivity index (χ1v) is 11.3. The number of pyridine rings is 1. The van der Waals surface area contributed by atoms with Gasteiger partial charge in [-0.3, -0.25) is 9.78 Å². The quantitative estimate of drug-likeness (QED) is 0.389. The van der Waals surface area contributed by atoms with Crippen molar-refractivity contribution in [2.75, 3.05) is 7.05 Å². The van der Waals surface area contributed by atoms with Gasteiger partial charge in [-0.15, -0.1) is 0 Å². The third-order valence-electron chi connectivity index (χ3n) is 5.16. The molecule has 0 bridgehead atoms. The second kappa shape index (κ2) is 8.48. The van der Waals surface area contributed by atoms with Gasteiger partial charge < -0.3 is 10.2 Å². The molecular weight excluding hydrogens is 462 g/mol. The van der Waals surface area contributed by atoms with Crippen molar-refractivity contribution < 1.29 is 23.4 Å². The number of sulfonamides is 1. The van der Waals surface area contributed by atoms with Crippen molar-refractivity contribution in [3.05, 3.63) is 82.5 Å². The highest BCUT2D eigenvalue weighted by Crippen LogP contribution is 2.37. The summed E-state index contributed by atoms with van der Waals surface area (Å²) in [6, 6.07) is 13.1. The van der Waals surface area contributed by atoms with Crippen LogP contribution >= 0.6 is 0 Å². The van der Waals surface area contributed by atoms with Gasteiger partial charge in [0.15, 0.2) is 5.82 Å². The second-order valence-corrected chi connectivity index (χ2v) is 9.24. The highest BCUT2D eigenvalue weighted by Gasteiger charge is 2.31. The van der Waals surface area contributed by atoms with Gasteiger partial charge >= 0.3 is 5.69 Å². The standard InChI is InChI=1S/C22H19N5O6S/c1-13-7-3-4-9-16(13)27-20(24-25-22(27)31)14-11-19(18(29)12-17(14)28)34(32,33)26(2)21(30)15-8-5-6-10-23-15/h3-12,28-29H,1-2H3,(H,25,31). The molecule has 2 aromatic carbocycles. The summed E-state index contributed by atoms with van der Waals surface area (Å²) in [5.41, 5.74) is 0.280. The number of nitrogens with one attached hydrogen (secondary N) is 1. The molecule has 4 rings (SSSR count). The Labute approximate surface area is 193 Å². The van der Waals surface area contributed by atoms with E-state index in [1.54, 1.807) is 37.3 Å². The number of aromatic hydroxyl groups is 2. The lowest BCUT2D eigenvalue weighted by molar-refractivity contribution is 0.0877. The van der Waals surface area contributed by atoms with E-state index in [2.05, 4.69) is 15.2 Å². The van der Waals surface area contributed by atoms with E-state index in [0.29, 0.717) is 9.99 Å². The molecule has 12 heteroatoms. The molecule has 0 spiro atoms. The van der Waals surface area contributed by atoms with Crippen molar-refractivity contribution >= 4 is 15.9 Å². The average Bonchev–Trinajstić information content (AvgIpc) is 3.19. The van der Waals surface area contributed by atoms with Crippen LogP contribution in [0.4, 0.5) is 0 Å². The predicted octanol–water partition coefficient (Wildman–Crippen LogP) is 1.80. The van der Waals surface area contributed by atoms with Crippen LogP contribution in [0.1, 0.15) is 16.1 Å². The van der Waals surface area contributed by atoms with Gasteiger partial charge in [-0.2, -0.15) is 5.10 Å². The lowest BCUT2D eigenvalue weighted by atomic mass is 10.1. The number of aromatic amines is 1. The second-order valence-electron chi connectivity index (χ2n) is 7.30. The Kier molecular flexibility index (Phi) is 5.67. The maximum atomic E-state index is 13.2. The van der Waals surface area contributed by atoms with Crippen molar-refractivity contribution in [3.63, 3.8) is 0 Å². The van der Waals surface area contributed by atoms with Gasteiger partial charge in [-0.05, 0) is 36.8 Å². The molecule has 0 aliphatic heterocycles. The van der Waals surface area contributed by atoms with Crippen molar-refractivity contribution in [2.24, 2.45) is 0 Å². The molecule has 0 saturated carbocycles. The first-order chi connectivity index (χ1) is 16.1. The fourth-order valence-corrected chi connectivity index (χ4v) is 4.56. The molecule has 2 aromatic heterocycles. The Balaban J connectivity index is 1.86. The van der Waals surface area contributed by atoms with Crippen molar-refractivity contribution in [1.82, 2.24) is 24.1 Å². The average molecular weight is 481 g/mol. The normalized spacial score (nSPS) is 11.4. The van der Waals surface area contributed by atoms with Crippen LogP contribution in [0.25, 0.3) is 17.1 Å². The molecule has 0 unspecified atom stereocenters. The van der Waals surface area contributed by atoms with Crippen LogP contribution in [0.5, 0.6) is 11.5 Å². The molecule has 2 heterocycles. The zero-order valence-electron chi connectivity index (χ0n) is 18.0. The third-order valence-corrected chi connectivity index (χ3v) is 6.93. The van der Waals surface area contributed by atoms with Gasteiger partial charge in [0.25, 0.3) is 15.9 Å². The van der Waals surface area contributed by atoms with Gasteiger partial charge in [0.05, 0.1) is 11.3 Å². The number of benzene rings is 2. The molecule has 174 valence electrons. The molecular formula is C22H19N5O6S. The lowest BCUT2D eigenvalue weighted by Gasteiger charge is -2.19. The molecule has 0 radical (unpaired) electrons. The maximum absolute atomic E-state index is 13.2. The number of hydrogen-bond donors (Lipinski definition) is 3. The predicted molar refractivity (Wildman–Crippen MR) is 121 cm³/mol. The number of H-pyrrole nitrogens is 1. The van der Waals surface area contributed by atoms with Crippen molar-refractivity contribution in [2.45, 2.75) is 11.8 Å². The van der Waals surface area contributed by atoms with Gasteiger partial charge in [0.1, 0.15) is 22.1 Å². The van der Waals surface area contributed by atoms with E-state index in [4.69, 9.17) is 0 Å². The van der Waals surface area contributed by atoms with Crippen LogP contribution < -0.4 is 5.69 Å². The number of para-hydroxylation sites is 1. The van der Waals surface area contributed by atoms with Crippen molar-refractivity contribution in [3.8, 4) is 28.6 Å². The SMILES string of the molecule is Cc1ccccc1-n1c(-c2cc(S(=O)(=O)N(C)C(=O)c3ccccn3)c(O)cc2O)n[nH]c1=O. The number of carbonyl (C=O) groups is 1. The van der Waals surface area contributed by atoms with Crippen LogP contribution in [0.15, 0.2) is 70.5 Å². The zero-order valence-corrected chi connectivity index (χ0v) is 18.8.